The molecular formula is C22H30N6OS. The zero-order chi connectivity index (χ0) is 21.1. The summed E-state index contributed by atoms with van der Waals surface area (Å²) in [6.45, 7) is 10.5. The number of aryl methyl sites for hydroxylation is 1. The van der Waals surface area contributed by atoms with Gasteiger partial charge in [0.25, 0.3) is 0 Å². The number of urea groups is 1. The third-order valence-corrected chi connectivity index (χ3v) is 6.64. The van der Waals surface area contributed by atoms with E-state index in [2.05, 4.69) is 27.0 Å². The molecule has 4 rings (SSSR count). The van der Waals surface area contributed by atoms with Gasteiger partial charge in [0.1, 0.15) is 11.6 Å². The van der Waals surface area contributed by atoms with Crippen LogP contribution in [0.4, 0.5) is 16.3 Å². The monoisotopic (exact) mass is 426 g/mol. The molecule has 1 aromatic carbocycles. The largest absolute Gasteiger partial charge is 0.354 e. The van der Waals surface area contributed by atoms with Gasteiger partial charge in [0.15, 0.2) is 0 Å². The molecule has 2 aliphatic rings. The predicted molar refractivity (Wildman–Crippen MR) is 122 cm³/mol. The van der Waals surface area contributed by atoms with Gasteiger partial charge in [-0.05, 0) is 44.0 Å². The number of aromatic nitrogens is 2. The summed E-state index contributed by atoms with van der Waals surface area (Å²) in [5, 5.41) is 3.03. The van der Waals surface area contributed by atoms with Crippen molar-refractivity contribution in [1.29, 1.82) is 0 Å². The van der Waals surface area contributed by atoms with Crippen LogP contribution in [0.25, 0.3) is 0 Å². The van der Waals surface area contributed by atoms with Crippen molar-refractivity contribution in [2.45, 2.75) is 31.7 Å². The summed E-state index contributed by atoms with van der Waals surface area (Å²) in [4.78, 5) is 30.3. The molecule has 3 heterocycles. The average Bonchev–Trinajstić information content (AvgIpc) is 2.78. The molecule has 0 spiro atoms. The maximum absolute atomic E-state index is 12.9. The Morgan fingerprint density at radius 3 is 2.50 bits per heavy atom. The zero-order valence-corrected chi connectivity index (χ0v) is 18.8. The summed E-state index contributed by atoms with van der Waals surface area (Å²) in [5.74, 6) is 1.82. The van der Waals surface area contributed by atoms with Crippen LogP contribution in [0.3, 0.4) is 0 Å². The van der Waals surface area contributed by atoms with E-state index >= 15 is 0 Å². The van der Waals surface area contributed by atoms with Gasteiger partial charge in [-0.1, -0.05) is 6.92 Å². The lowest BCUT2D eigenvalue weighted by Crippen LogP contribution is -2.47. The number of nitrogens with one attached hydrogen (secondary N) is 1. The van der Waals surface area contributed by atoms with Crippen molar-refractivity contribution >= 4 is 29.3 Å². The number of hydrogen-bond donors (Lipinski definition) is 1. The predicted octanol–water partition coefficient (Wildman–Crippen LogP) is 3.24. The molecule has 0 aliphatic carbocycles. The molecule has 0 radical (unpaired) electrons. The van der Waals surface area contributed by atoms with E-state index in [-0.39, 0.29) is 6.03 Å². The molecule has 0 saturated carbocycles. The van der Waals surface area contributed by atoms with Crippen molar-refractivity contribution in [3.05, 3.63) is 41.3 Å². The summed E-state index contributed by atoms with van der Waals surface area (Å²) < 4.78 is 0. The van der Waals surface area contributed by atoms with E-state index in [9.17, 15) is 4.79 Å². The number of thioether (sulfide) groups is 1. The molecule has 2 aromatic rings. The standard InChI is InChI=1S/C22H30N6OS/c1-4-26-11-13-27(14-12-26)21-19-15-28(10-9-20(19)23-16(2)24-21)22(29)25-17-5-7-18(30-3)8-6-17/h5-8H,4,9-15H2,1-3H3,(H,25,29). The molecule has 1 aromatic heterocycles. The van der Waals surface area contributed by atoms with E-state index in [1.165, 1.54) is 4.90 Å². The molecule has 7 nitrogen and oxygen atoms in total. The number of carbonyl (C=O) groups is 1. The van der Waals surface area contributed by atoms with E-state index in [4.69, 9.17) is 4.98 Å². The first-order chi connectivity index (χ1) is 14.6. The Kier molecular flexibility index (Phi) is 6.43. The van der Waals surface area contributed by atoms with Crippen LogP contribution in [-0.2, 0) is 13.0 Å². The molecule has 160 valence electrons. The number of rotatable bonds is 4. The van der Waals surface area contributed by atoms with Gasteiger partial charge in [-0.15, -0.1) is 11.8 Å². The smallest absolute Gasteiger partial charge is 0.322 e. The van der Waals surface area contributed by atoms with E-state index in [0.717, 1.165) is 67.7 Å². The fourth-order valence-electron chi connectivity index (χ4n) is 4.10. The molecule has 1 fully saturated rings. The van der Waals surface area contributed by atoms with Gasteiger partial charge in [0.05, 0.1) is 12.2 Å². The van der Waals surface area contributed by atoms with Crippen LogP contribution >= 0.6 is 11.8 Å². The quantitative estimate of drug-likeness (QED) is 0.758. The van der Waals surface area contributed by atoms with Gasteiger partial charge in [-0.3, -0.25) is 0 Å². The number of piperazine rings is 1. The number of hydrogen-bond acceptors (Lipinski definition) is 6. The maximum Gasteiger partial charge on any atom is 0.322 e. The fraction of sp³-hybridized carbons (Fsp3) is 0.500. The van der Waals surface area contributed by atoms with Crippen LogP contribution < -0.4 is 10.2 Å². The molecule has 1 N–H and O–H groups in total. The molecule has 2 aliphatic heterocycles. The van der Waals surface area contributed by atoms with Gasteiger partial charge < -0.3 is 20.0 Å². The number of benzene rings is 1. The minimum absolute atomic E-state index is 0.0696. The second kappa shape index (κ2) is 9.22. The van der Waals surface area contributed by atoms with E-state index < -0.39 is 0 Å². The molecule has 30 heavy (non-hydrogen) atoms. The molecule has 1 saturated heterocycles. The lowest BCUT2D eigenvalue weighted by Gasteiger charge is -2.37. The number of likely N-dealkylation sites (N-methyl/N-ethyl adjacent to an activating group) is 1. The lowest BCUT2D eigenvalue weighted by atomic mass is 10.1. The normalized spacial score (nSPS) is 17.0. The number of carbonyl (C=O) groups excluding carboxylic acids is 1. The molecule has 0 atom stereocenters. The summed E-state index contributed by atoms with van der Waals surface area (Å²) in [6, 6.07) is 7.88. The Hall–Kier alpha value is -2.32. The van der Waals surface area contributed by atoms with Crippen molar-refractivity contribution in [3.63, 3.8) is 0 Å². The molecular weight excluding hydrogens is 396 g/mol. The summed E-state index contributed by atoms with van der Waals surface area (Å²) >= 11 is 1.69. The van der Waals surface area contributed by atoms with Crippen molar-refractivity contribution in [1.82, 2.24) is 19.8 Å². The van der Waals surface area contributed by atoms with Crippen LogP contribution in [0, 0.1) is 6.92 Å². The van der Waals surface area contributed by atoms with Gasteiger partial charge in [0, 0.05) is 55.3 Å². The van der Waals surface area contributed by atoms with E-state index in [0.29, 0.717) is 13.1 Å². The first kappa shape index (κ1) is 20.9. The summed E-state index contributed by atoms with van der Waals surface area (Å²) in [6.07, 6.45) is 2.81. The highest BCUT2D eigenvalue weighted by Gasteiger charge is 2.28. The first-order valence-electron chi connectivity index (χ1n) is 10.6. The number of fused-ring (bicyclic) bond motifs is 1. The van der Waals surface area contributed by atoms with E-state index in [1.807, 2.05) is 42.3 Å². The highest BCUT2D eigenvalue weighted by atomic mass is 32.2. The number of nitrogens with zero attached hydrogens (tertiary/aromatic N) is 5. The SMILES string of the molecule is CCN1CCN(c2nc(C)nc3c2CN(C(=O)Nc2ccc(SC)cc2)CC3)CC1. The van der Waals surface area contributed by atoms with Crippen LogP contribution in [-0.4, -0.2) is 71.3 Å². The second-order valence-corrected chi connectivity index (χ2v) is 8.65. The number of anilines is 2. The summed E-state index contributed by atoms with van der Waals surface area (Å²) in [5.41, 5.74) is 3.01. The minimum Gasteiger partial charge on any atom is -0.354 e. The fourth-order valence-corrected chi connectivity index (χ4v) is 4.51. The van der Waals surface area contributed by atoms with Gasteiger partial charge in [-0.2, -0.15) is 0 Å². The molecule has 0 bridgehead atoms. The van der Waals surface area contributed by atoms with Gasteiger partial charge in [-0.25, -0.2) is 14.8 Å². The first-order valence-corrected chi connectivity index (χ1v) is 11.8. The molecule has 0 unspecified atom stereocenters. The minimum atomic E-state index is -0.0696. The number of amides is 2. The van der Waals surface area contributed by atoms with Gasteiger partial charge >= 0.3 is 6.03 Å². The lowest BCUT2D eigenvalue weighted by molar-refractivity contribution is 0.205. The van der Waals surface area contributed by atoms with Crippen molar-refractivity contribution in [3.8, 4) is 0 Å². The summed E-state index contributed by atoms with van der Waals surface area (Å²) in [7, 11) is 0. The second-order valence-electron chi connectivity index (χ2n) is 7.77. The van der Waals surface area contributed by atoms with Crippen molar-refractivity contribution < 1.29 is 4.79 Å². The third kappa shape index (κ3) is 4.54. The van der Waals surface area contributed by atoms with Crippen molar-refractivity contribution in [2.24, 2.45) is 0 Å². The highest BCUT2D eigenvalue weighted by Crippen LogP contribution is 2.28. The average molecular weight is 427 g/mol. The van der Waals surface area contributed by atoms with Gasteiger partial charge in [0.2, 0.25) is 0 Å². The highest BCUT2D eigenvalue weighted by molar-refractivity contribution is 7.98. The van der Waals surface area contributed by atoms with E-state index in [1.54, 1.807) is 11.8 Å². The Labute approximate surface area is 182 Å². The topological polar surface area (TPSA) is 64.6 Å². The van der Waals surface area contributed by atoms with Crippen LogP contribution in [0.15, 0.2) is 29.2 Å². The molecule has 8 heteroatoms. The van der Waals surface area contributed by atoms with Crippen LogP contribution in [0.1, 0.15) is 24.0 Å². The third-order valence-electron chi connectivity index (χ3n) is 5.90. The Morgan fingerprint density at radius 1 is 1.10 bits per heavy atom. The van der Waals surface area contributed by atoms with Crippen LogP contribution in [0.5, 0.6) is 0 Å². The zero-order valence-electron chi connectivity index (χ0n) is 18.0. The van der Waals surface area contributed by atoms with Crippen molar-refractivity contribution in [2.75, 3.05) is 55.7 Å². The maximum atomic E-state index is 12.9. The Bertz CT molecular complexity index is 895. The Balaban J connectivity index is 1.50. The van der Waals surface area contributed by atoms with Crippen LogP contribution in [0.2, 0.25) is 0 Å². The molecule has 2 amide bonds. The Morgan fingerprint density at radius 2 is 1.83 bits per heavy atom.